The summed E-state index contributed by atoms with van der Waals surface area (Å²) in [5.74, 6) is -0.639. The summed E-state index contributed by atoms with van der Waals surface area (Å²) in [6.07, 6.45) is 79.5. The van der Waals surface area contributed by atoms with Crippen molar-refractivity contribution in [2.24, 2.45) is 0 Å². The second-order valence-corrected chi connectivity index (χ2v) is 15.8. The highest BCUT2D eigenvalue weighted by molar-refractivity contribution is 5.70. The van der Waals surface area contributed by atoms with E-state index in [9.17, 15) is 14.7 Å². The summed E-state index contributed by atoms with van der Waals surface area (Å²) >= 11 is 0. The van der Waals surface area contributed by atoms with Crippen molar-refractivity contribution in [1.82, 2.24) is 0 Å². The maximum atomic E-state index is 12.2. The van der Waals surface area contributed by atoms with Gasteiger partial charge in [0.15, 0.2) is 6.10 Å². The van der Waals surface area contributed by atoms with Crippen LogP contribution in [0.15, 0.2) is 146 Å². The van der Waals surface area contributed by atoms with Crippen LogP contribution in [0.3, 0.4) is 0 Å². The maximum Gasteiger partial charge on any atom is 0.306 e. The van der Waals surface area contributed by atoms with Crippen LogP contribution in [0.4, 0.5) is 0 Å². The molecule has 5 heteroatoms. The van der Waals surface area contributed by atoms with Gasteiger partial charge in [0.25, 0.3) is 0 Å². The first kappa shape index (κ1) is 58.8. The Bertz CT molecular complexity index is 1400. The van der Waals surface area contributed by atoms with Crippen molar-refractivity contribution >= 4 is 11.9 Å². The summed E-state index contributed by atoms with van der Waals surface area (Å²) in [6, 6.07) is 0. The van der Waals surface area contributed by atoms with E-state index in [1.807, 2.05) is 0 Å². The molecule has 0 aliphatic heterocycles. The van der Waals surface area contributed by atoms with Crippen molar-refractivity contribution in [2.45, 2.75) is 193 Å². The van der Waals surface area contributed by atoms with Crippen LogP contribution >= 0.6 is 0 Å². The number of hydrogen-bond donors (Lipinski definition) is 1. The van der Waals surface area contributed by atoms with Crippen molar-refractivity contribution in [3.05, 3.63) is 146 Å². The second kappa shape index (κ2) is 52.1. The lowest BCUT2D eigenvalue weighted by atomic mass is 10.1. The van der Waals surface area contributed by atoms with Crippen molar-refractivity contribution in [2.75, 3.05) is 13.2 Å². The molecule has 1 unspecified atom stereocenters. The molecule has 352 valence electrons. The van der Waals surface area contributed by atoms with Gasteiger partial charge in [0.2, 0.25) is 0 Å². The highest BCUT2D eigenvalue weighted by Crippen LogP contribution is 2.11. The fraction of sp³-hybridized carbons (Fsp3) is 0.552. The molecule has 0 aliphatic carbocycles. The van der Waals surface area contributed by atoms with Gasteiger partial charge in [-0.25, -0.2) is 0 Å². The molecule has 0 bridgehead atoms. The van der Waals surface area contributed by atoms with Crippen LogP contribution in [-0.2, 0) is 19.1 Å². The van der Waals surface area contributed by atoms with E-state index >= 15 is 0 Å². The first-order valence-electron chi connectivity index (χ1n) is 24.9. The zero-order valence-electron chi connectivity index (χ0n) is 40.0. The average Bonchev–Trinajstić information content (AvgIpc) is 3.29. The van der Waals surface area contributed by atoms with E-state index in [1.165, 1.54) is 19.3 Å². The molecule has 0 heterocycles. The third kappa shape index (κ3) is 50.3. The second-order valence-electron chi connectivity index (χ2n) is 15.8. The molecule has 0 amide bonds. The van der Waals surface area contributed by atoms with Crippen LogP contribution in [0.1, 0.15) is 187 Å². The molecule has 1 atom stereocenters. The number of carbonyl (C=O) groups excluding carboxylic acids is 2. The summed E-state index contributed by atoms with van der Waals surface area (Å²) in [4.78, 5) is 24.3. The molecule has 1 N–H and O–H groups in total. The molecule has 0 saturated heterocycles. The van der Waals surface area contributed by atoms with Crippen LogP contribution in [0.5, 0.6) is 0 Å². The van der Waals surface area contributed by atoms with Crippen molar-refractivity contribution in [1.29, 1.82) is 0 Å². The van der Waals surface area contributed by atoms with Gasteiger partial charge in [-0.3, -0.25) is 9.59 Å². The van der Waals surface area contributed by atoms with Gasteiger partial charge >= 0.3 is 11.9 Å². The predicted octanol–water partition coefficient (Wildman–Crippen LogP) is 16.7. The van der Waals surface area contributed by atoms with Gasteiger partial charge in [-0.05, 0) is 116 Å². The monoisotopic (exact) mass is 867 g/mol. The van der Waals surface area contributed by atoms with E-state index < -0.39 is 6.10 Å². The fourth-order valence-electron chi connectivity index (χ4n) is 6.15. The number of rotatable bonds is 43. The van der Waals surface area contributed by atoms with Crippen molar-refractivity contribution in [3.63, 3.8) is 0 Å². The SMILES string of the molecule is CC/C=C\C/C=C\C/C=C\C/C=C\C/C=C\C/C=C\C/C=C\C/C=C\C/C=C\C/C=C\C/C=C\CCCCCCCC(=O)OC(CO)COC(=O)CCCCCCC/C=C\CCC. The van der Waals surface area contributed by atoms with E-state index in [-0.39, 0.29) is 25.2 Å². The topological polar surface area (TPSA) is 72.8 Å². The van der Waals surface area contributed by atoms with E-state index in [2.05, 4.69) is 160 Å². The summed E-state index contributed by atoms with van der Waals surface area (Å²) in [7, 11) is 0. The lowest BCUT2D eigenvalue weighted by molar-refractivity contribution is -0.161. The van der Waals surface area contributed by atoms with Gasteiger partial charge in [-0.2, -0.15) is 0 Å². The number of allylic oxidation sites excluding steroid dienone is 24. The molecule has 5 nitrogen and oxygen atoms in total. The third-order valence-electron chi connectivity index (χ3n) is 9.85. The number of aliphatic hydroxyl groups excluding tert-OH is 1. The number of esters is 2. The molecule has 0 fully saturated rings. The summed E-state index contributed by atoms with van der Waals surface area (Å²) in [6.45, 7) is 3.91. The zero-order chi connectivity index (χ0) is 45.6. The quantitative estimate of drug-likeness (QED) is 0.0375. The summed E-state index contributed by atoms with van der Waals surface area (Å²) in [5, 5.41) is 9.57. The highest BCUT2D eigenvalue weighted by Gasteiger charge is 2.16. The molecule has 0 aliphatic rings. The highest BCUT2D eigenvalue weighted by atomic mass is 16.6. The number of ether oxygens (including phenoxy) is 2. The minimum Gasteiger partial charge on any atom is -0.462 e. The molecular weight excluding hydrogens is 777 g/mol. The fourth-order valence-corrected chi connectivity index (χ4v) is 6.15. The van der Waals surface area contributed by atoms with Gasteiger partial charge in [-0.1, -0.05) is 205 Å². The Hall–Kier alpha value is -4.22. The summed E-state index contributed by atoms with van der Waals surface area (Å²) < 4.78 is 10.6. The largest absolute Gasteiger partial charge is 0.462 e. The van der Waals surface area contributed by atoms with Crippen molar-refractivity contribution in [3.8, 4) is 0 Å². The molecule has 0 rings (SSSR count). The molecule has 0 aromatic heterocycles. The molecule has 0 aromatic carbocycles. The van der Waals surface area contributed by atoms with Crippen LogP contribution in [0.2, 0.25) is 0 Å². The normalized spacial score (nSPS) is 13.5. The van der Waals surface area contributed by atoms with Gasteiger partial charge in [0.05, 0.1) is 6.61 Å². The van der Waals surface area contributed by atoms with Gasteiger partial charge < -0.3 is 14.6 Å². The predicted molar refractivity (Wildman–Crippen MR) is 274 cm³/mol. The minimum absolute atomic E-state index is 0.0872. The standard InChI is InChI=1S/C58H90O5/c1-3-5-7-9-11-13-15-16-17-18-19-20-21-22-23-24-25-26-27-28-29-30-31-32-33-34-35-36-37-38-39-40-41-42-43-45-47-49-51-53-58(61)63-56(54-59)55-62-57(60)52-50-48-46-44-14-12-10-8-6-4-2/h5,7-8,10-11,13,16-17,19-20,22-23,25-26,28-29,31-32,34-35,37-38,40-41,56,59H,3-4,6,9,12,14-15,18,21,24,27,30,33,36,39,42-55H2,1-2H3/b7-5-,10-8-,13-11-,17-16-,20-19-,23-22-,26-25-,29-28-,32-31-,35-34-,38-37-,41-40-. The van der Waals surface area contributed by atoms with Crippen LogP contribution in [0.25, 0.3) is 0 Å². The molecule has 0 saturated carbocycles. The Morgan fingerprint density at radius 3 is 1.05 bits per heavy atom. The molecule has 0 radical (unpaired) electrons. The molecule has 63 heavy (non-hydrogen) atoms. The molecule has 0 aromatic rings. The van der Waals surface area contributed by atoms with E-state index in [1.54, 1.807) is 0 Å². The number of unbranched alkanes of at least 4 members (excludes halogenated alkanes) is 11. The third-order valence-corrected chi connectivity index (χ3v) is 9.85. The van der Waals surface area contributed by atoms with E-state index in [0.717, 1.165) is 141 Å². The van der Waals surface area contributed by atoms with Crippen LogP contribution in [0, 0.1) is 0 Å². The van der Waals surface area contributed by atoms with E-state index in [4.69, 9.17) is 9.47 Å². The van der Waals surface area contributed by atoms with E-state index in [0.29, 0.717) is 12.8 Å². The number of hydrogen-bond acceptors (Lipinski definition) is 5. The Morgan fingerprint density at radius 1 is 0.381 bits per heavy atom. The molecular formula is C58H90O5. The Morgan fingerprint density at radius 2 is 0.683 bits per heavy atom. The summed E-state index contributed by atoms with van der Waals surface area (Å²) in [5.41, 5.74) is 0. The Balaban J connectivity index is 3.68. The van der Waals surface area contributed by atoms with Gasteiger partial charge in [0.1, 0.15) is 6.61 Å². The smallest absolute Gasteiger partial charge is 0.306 e. The van der Waals surface area contributed by atoms with Gasteiger partial charge in [0, 0.05) is 12.8 Å². The van der Waals surface area contributed by atoms with Crippen LogP contribution in [-0.4, -0.2) is 36.4 Å². The minimum atomic E-state index is -0.794. The van der Waals surface area contributed by atoms with Crippen molar-refractivity contribution < 1.29 is 24.2 Å². The number of aliphatic hydroxyl groups is 1. The zero-order valence-corrected chi connectivity index (χ0v) is 40.0. The lowest BCUT2D eigenvalue weighted by Crippen LogP contribution is -2.28. The Kier molecular flexibility index (Phi) is 48.6. The molecule has 0 spiro atoms. The number of carbonyl (C=O) groups is 2. The van der Waals surface area contributed by atoms with Gasteiger partial charge in [-0.15, -0.1) is 0 Å². The Labute approximate surface area is 387 Å². The van der Waals surface area contributed by atoms with Crippen LogP contribution < -0.4 is 0 Å². The lowest BCUT2D eigenvalue weighted by Gasteiger charge is -2.15. The maximum absolute atomic E-state index is 12.2. The average molecular weight is 867 g/mol. The first-order chi connectivity index (χ1) is 31.1. The first-order valence-corrected chi connectivity index (χ1v) is 24.9.